The Morgan fingerprint density at radius 3 is 2.95 bits per heavy atom. The van der Waals surface area contributed by atoms with Crippen LogP contribution < -0.4 is 0 Å². The lowest BCUT2D eigenvalue weighted by Gasteiger charge is -2.16. The highest BCUT2D eigenvalue weighted by Gasteiger charge is 2.29. The lowest BCUT2D eigenvalue weighted by atomic mass is 10.1. The SMILES string of the molecule is O=C(c1ccc2[nH]ccc2c1)N1CCC(n2nccn2)C1. The Balaban J connectivity index is 1.55. The lowest BCUT2D eigenvalue weighted by molar-refractivity contribution is 0.0786. The average Bonchev–Trinajstić information content (AvgIpc) is 3.24. The first-order valence-electron chi connectivity index (χ1n) is 7.03. The largest absolute Gasteiger partial charge is 0.361 e. The summed E-state index contributed by atoms with van der Waals surface area (Å²) in [4.78, 5) is 19.3. The molecule has 4 rings (SSSR count). The van der Waals surface area contributed by atoms with Crippen molar-refractivity contribution >= 4 is 16.8 Å². The maximum absolute atomic E-state index is 12.6. The molecule has 1 unspecified atom stereocenters. The monoisotopic (exact) mass is 281 g/mol. The van der Waals surface area contributed by atoms with Gasteiger partial charge in [-0.2, -0.15) is 15.0 Å². The van der Waals surface area contributed by atoms with Crippen LogP contribution in [0.2, 0.25) is 0 Å². The number of carbonyl (C=O) groups is 1. The Labute approximate surface area is 121 Å². The van der Waals surface area contributed by atoms with E-state index >= 15 is 0 Å². The van der Waals surface area contributed by atoms with Crippen molar-refractivity contribution in [3.05, 3.63) is 48.4 Å². The van der Waals surface area contributed by atoms with Crippen LogP contribution in [0.4, 0.5) is 0 Å². The summed E-state index contributed by atoms with van der Waals surface area (Å²) in [6.45, 7) is 1.41. The van der Waals surface area contributed by atoms with Gasteiger partial charge in [-0.1, -0.05) is 0 Å². The number of fused-ring (bicyclic) bond motifs is 1. The van der Waals surface area contributed by atoms with Gasteiger partial charge in [-0.05, 0) is 30.7 Å². The topological polar surface area (TPSA) is 66.8 Å². The summed E-state index contributed by atoms with van der Waals surface area (Å²) in [6, 6.07) is 7.92. The molecule has 3 aromatic rings. The maximum Gasteiger partial charge on any atom is 0.253 e. The predicted molar refractivity (Wildman–Crippen MR) is 77.9 cm³/mol. The highest BCUT2D eigenvalue weighted by molar-refractivity contribution is 5.98. The van der Waals surface area contributed by atoms with Gasteiger partial charge in [0, 0.05) is 35.8 Å². The second kappa shape index (κ2) is 4.73. The van der Waals surface area contributed by atoms with Gasteiger partial charge in [0.25, 0.3) is 5.91 Å². The molecule has 21 heavy (non-hydrogen) atoms. The minimum atomic E-state index is 0.0766. The molecule has 1 aromatic carbocycles. The zero-order valence-electron chi connectivity index (χ0n) is 11.4. The molecule has 0 aliphatic carbocycles. The van der Waals surface area contributed by atoms with Crippen molar-refractivity contribution in [1.29, 1.82) is 0 Å². The molecule has 0 radical (unpaired) electrons. The van der Waals surface area contributed by atoms with E-state index in [2.05, 4.69) is 15.2 Å². The zero-order valence-corrected chi connectivity index (χ0v) is 11.4. The van der Waals surface area contributed by atoms with E-state index in [-0.39, 0.29) is 11.9 Å². The van der Waals surface area contributed by atoms with Crippen LogP contribution in [-0.2, 0) is 0 Å². The number of nitrogens with zero attached hydrogens (tertiary/aromatic N) is 4. The second-order valence-corrected chi connectivity index (χ2v) is 5.32. The fourth-order valence-corrected chi connectivity index (χ4v) is 2.90. The summed E-state index contributed by atoms with van der Waals surface area (Å²) in [5, 5.41) is 9.38. The van der Waals surface area contributed by atoms with Gasteiger partial charge in [0.15, 0.2) is 0 Å². The molecule has 2 aromatic heterocycles. The Morgan fingerprint density at radius 1 is 1.24 bits per heavy atom. The minimum Gasteiger partial charge on any atom is -0.361 e. The molecule has 1 fully saturated rings. The molecule has 1 amide bonds. The first kappa shape index (κ1) is 12.1. The molecule has 0 spiro atoms. The molecule has 1 saturated heterocycles. The van der Waals surface area contributed by atoms with Crippen LogP contribution in [0.25, 0.3) is 10.9 Å². The Bertz CT molecular complexity index is 776. The predicted octanol–water partition coefficient (Wildman–Crippen LogP) is 1.85. The van der Waals surface area contributed by atoms with Gasteiger partial charge in [-0.15, -0.1) is 0 Å². The second-order valence-electron chi connectivity index (χ2n) is 5.32. The van der Waals surface area contributed by atoms with Crippen LogP contribution in [-0.4, -0.2) is 43.9 Å². The first-order valence-corrected chi connectivity index (χ1v) is 7.03. The van der Waals surface area contributed by atoms with Crippen LogP contribution in [0.15, 0.2) is 42.9 Å². The average molecular weight is 281 g/mol. The van der Waals surface area contributed by atoms with Crippen molar-refractivity contribution in [2.45, 2.75) is 12.5 Å². The summed E-state index contributed by atoms with van der Waals surface area (Å²) in [7, 11) is 0. The third-order valence-corrected chi connectivity index (χ3v) is 4.01. The van der Waals surface area contributed by atoms with Gasteiger partial charge in [0.05, 0.1) is 18.4 Å². The van der Waals surface area contributed by atoms with E-state index in [9.17, 15) is 4.79 Å². The van der Waals surface area contributed by atoms with Gasteiger partial charge in [-0.25, -0.2) is 0 Å². The Kier molecular flexibility index (Phi) is 2.73. The molecule has 1 N–H and O–H groups in total. The number of likely N-dealkylation sites (tertiary alicyclic amines) is 1. The van der Waals surface area contributed by atoms with Gasteiger partial charge in [-0.3, -0.25) is 4.79 Å². The smallest absolute Gasteiger partial charge is 0.253 e. The molecule has 1 atom stereocenters. The summed E-state index contributed by atoms with van der Waals surface area (Å²) in [5.41, 5.74) is 1.78. The molecule has 106 valence electrons. The molecule has 0 saturated carbocycles. The molecule has 1 aliphatic rings. The Morgan fingerprint density at radius 2 is 2.10 bits per heavy atom. The van der Waals surface area contributed by atoms with Gasteiger partial charge in [0.1, 0.15) is 0 Å². The van der Waals surface area contributed by atoms with Crippen molar-refractivity contribution in [3.8, 4) is 0 Å². The number of amides is 1. The van der Waals surface area contributed by atoms with E-state index in [0.717, 1.165) is 29.4 Å². The van der Waals surface area contributed by atoms with E-state index in [0.29, 0.717) is 6.54 Å². The van der Waals surface area contributed by atoms with Crippen molar-refractivity contribution < 1.29 is 4.79 Å². The van der Waals surface area contributed by atoms with Gasteiger partial charge < -0.3 is 9.88 Å². The van der Waals surface area contributed by atoms with E-state index in [1.165, 1.54) is 0 Å². The van der Waals surface area contributed by atoms with Crippen LogP contribution in [0.5, 0.6) is 0 Å². The number of carbonyl (C=O) groups excluding carboxylic acids is 1. The molecule has 6 nitrogen and oxygen atoms in total. The van der Waals surface area contributed by atoms with E-state index in [1.807, 2.05) is 35.4 Å². The number of nitrogens with one attached hydrogen (secondary N) is 1. The lowest BCUT2D eigenvalue weighted by Crippen LogP contribution is -2.29. The minimum absolute atomic E-state index is 0.0766. The molecule has 1 aliphatic heterocycles. The number of rotatable bonds is 2. The first-order chi connectivity index (χ1) is 10.3. The number of hydrogen-bond donors (Lipinski definition) is 1. The highest BCUT2D eigenvalue weighted by Crippen LogP contribution is 2.23. The van der Waals surface area contributed by atoms with Gasteiger partial charge >= 0.3 is 0 Å². The normalized spacial score (nSPS) is 18.5. The quantitative estimate of drug-likeness (QED) is 0.779. The van der Waals surface area contributed by atoms with Crippen molar-refractivity contribution in [3.63, 3.8) is 0 Å². The number of aromatic amines is 1. The number of hydrogen-bond acceptors (Lipinski definition) is 3. The zero-order chi connectivity index (χ0) is 14.2. The van der Waals surface area contributed by atoms with Crippen LogP contribution >= 0.6 is 0 Å². The summed E-state index contributed by atoms with van der Waals surface area (Å²) < 4.78 is 0. The van der Waals surface area contributed by atoms with Crippen LogP contribution in [0.3, 0.4) is 0 Å². The molecule has 3 heterocycles. The molecular weight excluding hydrogens is 266 g/mol. The molecule has 6 heteroatoms. The third kappa shape index (κ3) is 2.08. The fourth-order valence-electron chi connectivity index (χ4n) is 2.90. The number of aromatic nitrogens is 4. The van der Waals surface area contributed by atoms with Gasteiger partial charge in [0.2, 0.25) is 0 Å². The molecule has 0 bridgehead atoms. The highest BCUT2D eigenvalue weighted by atomic mass is 16.2. The standard InChI is InChI=1S/C15H15N5O/c21-15(12-1-2-14-11(9-12)3-5-16-14)19-8-4-13(10-19)20-17-6-7-18-20/h1-3,5-7,9,13,16H,4,8,10H2. The van der Waals surface area contributed by atoms with E-state index in [1.54, 1.807) is 17.2 Å². The summed E-state index contributed by atoms with van der Waals surface area (Å²) >= 11 is 0. The Hall–Kier alpha value is -2.63. The van der Waals surface area contributed by atoms with E-state index < -0.39 is 0 Å². The number of H-pyrrole nitrogens is 1. The van der Waals surface area contributed by atoms with Crippen molar-refractivity contribution in [2.75, 3.05) is 13.1 Å². The third-order valence-electron chi connectivity index (χ3n) is 4.01. The molecular formula is C15H15N5O. The van der Waals surface area contributed by atoms with Crippen molar-refractivity contribution in [2.24, 2.45) is 0 Å². The number of benzene rings is 1. The summed E-state index contributed by atoms with van der Waals surface area (Å²) in [6.07, 6.45) is 6.12. The maximum atomic E-state index is 12.6. The summed E-state index contributed by atoms with van der Waals surface area (Å²) in [5.74, 6) is 0.0766. The van der Waals surface area contributed by atoms with Crippen LogP contribution in [0, 0.1) is 0 Å². The van der Waals surface area contributed by atoms with Crippen molar-refractivity contribution in [1.82, 2.24) is 24.9 Å². The fraction of sp³-hybridized carbons (Fsp3) is 0.267. The van der Waals surface area contributed by atoms with Crippen LogP contribution in [0.1, 0.15) is 22.8 Å². The van der Waals surface area contributed by atoms with E-state index in [4.69, 9.17) is 0 Å².